The summed E-state index contributed by atoms with van der Waals surface area (Å²) in [5, 5.41) is 11.1. The molecule has 2 aromatic rings. The number of carbonyl (C=O) groups excluding carboxylic acids is 3. The monoisotopic (exact) mass is 459 g/mol. The first kappa shape index (κ1) is 22.0. The van der Waals surface area contributed by atoms with E-state index in [2.05, 4.69) is 0 Å². The molecule has 3 aliphatic heterocycles. The van der Waals surface area contributed by atoms with Crippen LogP contribution >= 0.6 is 0 Å². The van der Waals surface area contributed by atoms with Crippen LogP contribution in [0.15, 0.2) is 54.6 Å². The summed E-state index contributed by atoms with van der Waals surface area (Å²) in [6.07, 6.45) is 1.99. The number of fused-ring (bicyclic) bond motifs is 5. The highest BCUT2D eigenvalue weighted by Gasteiger charge is 2.65. The van der Waals surface area contributed by atoms with E-state index in [-0.39, 0.29) is 28.8 Å². The molecule has 0 N–H and O–H groups in total. The zero-order valence-electron chi connectivity index (χ0n) is 19.4. The van der Waals surface area contributed by atoms with Gasteiger partial charge in [0, 0.05) is 34.5 Å². The van der Waals surface area contributed by atoms with Crippen LogP contribution in [0.25, 0.3) is 5.57 Å². The Balaban J connectivity index is 1.67. The van der Waals surface area contributed by atoms with Crippen LogP contribution in [0.4, 0.5) is 11.4 Å². The second kappa shape index (κ2) is 7.35. The molecule has 0 radical (unpaired) electrons. The lowest BCUT2D eigenvalue weighted by molar-refractivity contribution is -0.384. The molecule has 4 atom stereocenters. The van der Waals surface area contributed by atoms with Gasteiger partial charge in [-0.05, 0) is 51.5 Å². The lowest BCUT2D eigenvalue weighted by Crippen LogP contribution is -2.52. The van der Waals surface area contributed by atoms with Crippen molar-refractivity contribution in [3.8, 4) is 0 Å². The molecule has 0 aromatic heterocycles. The summed E-state index contributed by atoms with van der Waals surface area (Å²) in [4.78, 5) is 55.0. The number of benzene rings is 2. The fourth-order valence-electron chi connectivity index (χ4n) is 5.68. The summed E-state index contributed by atoms with van der Waals surface area (Å²) in [7, 11) is 0. The number of para-hydroxylation sites is 1. The molecule has 0 aliphatic carbocycles. The first-order valence-electron chi connectivity index (χ1n) is 11.2. The maximum absolute atomic E-state index is 13.9. The van der Waals surface area contributed by atoms with Crippen LogP contribution in [0.2, 0.25) is 0 Å². The Labute approximate surface area is 197 Å². The molecule has 8 heteroatoms. The molecule has 174 valence electrons. The van der Waals surface area contributed by atoms with Crippen LogP contribution in [-0.2, 0) is 9.59 Å². The second-order valence-corrected chi connectivity index (χ2v) is 10.1. The minimum Gasteiger partial charge on any atom is -0.352 e. The fourth-order valence-corrected chi connectivity index (χ4v) is 5.68. The van der Waals surface area contributed by atoms with E-state index in [4.69, 9.17) is 0 Å². The van der Waals surface area contributed by atoms with E-state index in [1.54, 1.807) is 0 Å². The third-order valence-corrected chi connectivity index (χ3v) is 7.06. The van der Waals surface area contributed by atoms with Gasteiger partial charge in [-0.1, -0.05) is 24.3 Å². The fraction of sp³-hybridized carbons (Fsp3) is 0.346. The maximum atomic E-state index is 13.9. The summed E-state index contributed by atoms with van der Waals surface area (Å²) in [5.74, 6) is -2.45. The van der Waals surface area contributed by atoms with Gasteiger partial charge < -0.3 is 4.90 Å². The highest BCUT2D eigenvalue weighted by atomic mass is 16.6. The molecular formula is C26H25N3O5. The Bertz CT molecular complexity index is 1270. The lowest BCUT2D eigenvalue weighted by Gasteiger charge is -2.39. The number of non-ortho nitro benzene ring substituents is 1. The zero-order chi connectivity index (χ0) is 24.5. The van der Waals surface area contributed by atoms with Crippen molar-refractivity contribution in [2.24, 2.45) is 11.8 Å². The average molecular weight is 460 g/mol. The number of rotatable bonds is 3. The van der Waals surface area contributed by atoms with Crippen LogP contribution in [0.5, 0.6) is 0 Å². The minimum atomic E-state index is -0.897. The molecule has 2 saturated heterocycles. The van der Waals surface area contributed by atoms with Crippen LogP contribution in [-0.4, -0.2) is 45.0 Å². The number of hydrogen-bond acceptors (Lipinski definition) is 6. The molecule has 5 rings (SSSR count). The van der Waals surface area contributed by atoms with Gasteiger partial charge in [-0.3, -0.25) is 29.4 Å². The van der Waals surface area contributed by atoms with Gasteiger partial charge in [0.05, 0.1) is 22.8 Å². The van der Waals surface area contributed by atoms with Gasteiger partial charge in [0.15, 0.2) is 5.78 Å². The van der Waals surface area contributed by atoms with E-state index in [9.17, 15) is 24.5 Å². The Hall–Kier alpha value is -3.81. The molecule has 3 aliphatic rings. The van der Waals surface area contributed by atoms with Crippen LogP contribution < -0.4 is 4.90 Å². The van der Waals surface area contributed by atoms with Gasteiger partial charge in [0.25, 0.3) is 5.69 Å². The predicted octanol–water partition coefficient (Wildman–Crippen LogP) is 3.85. The van der Waals surface area contributed by atoms with Crippen molar-refractivity contribution in [2.45, 2.75) is 45.3 Å². The van der Waals surface area contributed by atoms with Gasteiger partial charge in [-0.25, -0.2) is 0 Å². The van der Waals surface area contributed by atoms with Crippen molar-refractivity contribution in [3.63, 3.8) is 0 Å². The number of nitrogens with zero attached hydrogens (tertiary/aromatic N) is 3. The van der Waals surface area contributed by atoms with Crippen LogP contribution in [0.1, 0.15) is 43.6 Å². The Morgan fingerprint density at radius 1 is 0.971 bits per heavy atom. The quantitative estimate of drug-likeness (QED) is 0.299. The summed E-state index contributed by atoms with van der Waals surface area (Å²) < 4.78 is 0. The number of nitro benzene ring substituents is 1. The predicted molar refractivity (Wildman–Crippen MR) is 126 cm³/mol. The van der Waals surface area contributed by atoms with Crippen molar-refractivity contribution in [1.82, 2.24) is 4.90 Å². The highest BCUT2D eigenvalue weighted by molar-refractivity contribution is 6.14. The van der Waals surface area contributed by atoms with Gasteiger partial charge in [-0.15, -0.1) is 0 Å². The first-order chi connectivity index (χ1) is 16.0. The van der Waals surface area contributed by atoms with E-state index >= 15 is 0 Å². The molecule has 0 saturated carbocycles. The number of nitro groups is 1. The van der Waals surface area contributed by atoms with Crippen molar-refractivity contribution in [1.29, 1.82) is 0 Å². The molecule has 8 nitrogen and oxygen atoms in total. The number of ketones is 1. The molecular weight excluding hydrogens is 434 g/mol. The third kappa shape index (κ3) is 3.01. The summed E-state index contributed by atoms with van der Waals surface area (Å²) >= 11 is 0. The topological polar surface area (TPSA) is 101 Å². The second-order valence-electron chi connectivity index (χ2n) is 10.1. The molecule has 0 bridgehead atoms. The van der Waals surface area contributed by atoms with E-state index in [0.717, 1.165) is 16.8 Å². The van der Waals surface area contributed by atoms with Gasteiger partial charge >= 0.3 is 0 Å². The number of carbonyl (C=O) groups is 3. The SMILES string of the molecule is CC1=C[C@@H]2[C@H]3C(=O)N(C(C)(C)C)C(=O)[C@H]3[C@@H](C(=O)c3ccc([N+](=O)[O-])cc3)N2c2ccccc21. The lowest BCUT2D eigenvalue weighted by atomic mass is 9.85. The van der Waals surface area contributed by atoms with E-state index in [0.29, 0.717) is 0 Å². The third-order valence-electron chi connectivity index (χ3n) is 7.06. The van der Waals surface area contributed by atoms with Crippen LogP contribution in [0.3, 0.4) is 0 Å². The van der Waals surface area contributed by atoms with Crippen molar-refractivity contribution < 1.29 is 19.3 Å². The maximum Gasteiger partial charge on any atom is 0.269 e. The number of Topliss-reactive ketones (excluding diaryl/α,β-unsaturated/α-hetero) is 1. The van der Waals surface area contributed by atoms with Crippen molar-refractivity contribution in [3.05, 3.63) is 75.8 Å². The van der Waals surface area contributed by atoms with Gasteiger partial charge in [-0.2, -0.15) is 0 Å². The molecule has 0 spiro atoms. The van der Waals surface area contributed by atoms with E-state index in [1.165, 1.54) is 29.2 Å². The minimum absolute atomic E-state index is 0.119. The number of anilines is 1. The Kier molecular flexibility index (Phi) is 4.76. The van der Waals surface area contributed by atoms with Gasteiger partial charge in [0.1, 0.15) is 6.04 Å². The first-order valence-corrected chi connectivity index (χ1v) is 11.2. The van der Waals surface area contributed by atoms with Crippen molar-refractivity contribution >= 4 is 34.5 Å². The van der Waals surface area contributed by atoms with Crippen LogP contribution in [0, 0.1) is 22.0 Å². The average Bonchev–Trinajstić information content (AvgIpc) is 3.26. The molecule has 2 aromatic carbocycles. The normalized spacial score (nSPS) is 25.6. The van der Waals surface area contributed by atoms with E-state index in [1.807, 2.05) is 62.9 Å². The number of amides is 2. The number of likely N-dealkylation sites (tertiary alicyclic amines) is 1. The van der Waals surface area contributed by atoms with Crippen molar-refractivity contribution in [2.75, 3.05) is 4.90 Å². The number of hydrogen-bond donors (Lipinski definition) is 0. The summed E-state index contributed by atoms with van der Waals surface area (Å²) in [6, 6.07) is 11.7. The largest absolute Gasteiger partial charge is 0.352 e. The number of allylic oxidation sites excluding steroid dienone is 1. The number of imide groups is 1. The molecule has 34 heavy (non-hydrogen) atoms. The molecule has 3 heterocycles. The summed E-state index contributed by atoms with van der Waals surface area (Å²) in [5.41, 5.74) is 2.20. The Morgan fingerprint density at radius 2 is 1.59 bits per heavy atom. The molecule has 0 unspecified atom stereocenters. The molecule has 2 fully saturated rings. The van der Waals surface area contributed by atoms with Gasteiger partial charge in [0.2, 0.25) is 11.8 Å². The summed E-state index contributed by atoms with van der Waals surface area (Å²) in [6.45, 7) is 7.41. The highest BCUT2D eigenvalue weighted by Crippen LogP contribution is 2.51. The standard InChI is InChI=1S/C26H25N3O5/c1-14-13-19-20-21(25(32)28(24(20)31)26(2,3)4)22(27(19)18-8-6-5-7-17(14)18)23(30)15-9-11-16(12-10-15)29(33)34/h5-13,19-22H,1-4H3/t19-,20-,21-,22+/m1/s1. The smallest absolute Gasteiger partial charge is 0.269 e. The zero-order valence-corrected chi connectivity index (χ0v) is 19.4. The Morgan fingerprint density at radius 3 is 2.21 bits per heavy atom. The van der Waals surface area contributed by atoms with E-state index < -0.39 is 34.4 Å². The molecule has 2 amide bonds.